The largest absolute Gasteiger partial charge is 0.480 e. The lowest BCUT2D eigenvalue weighted by Crippen LogP contribution is -2.34. The molecule has 0 spiro atoms. The van der Waals surface area contributed by atoms with Crippen molar-refractivity contribution in [3.8, 4) is 0 Å². The van der Waals surface area contributed by atoms with E-state index in [-0.39, 0.29) is 19.4 Å². The van der Waals surface area contributed by atoms with Gasteiger partial charge in [-0.3, -0.25) is 23.4 Å². The zero-order valence-electron chi connectivity index (χ0n) is 32.2. The van der Waals surface area contributed by atoms with E-state index in [1.807, 2.05) is 0 Å². The predicted molar refractivity (Wildman–Crippen MR) is 203 cm³/mol. The van der Waals surface area contributed by atoms with E-state index < -0.39 is 51.1 Å². The maximum Gasteiger partial charge on any atom is 0.472 e. The molecule has 12 heteroatoms. The summed E-state index contributed by atoms with van der Waals surface area (Å²) in [6.07, 6.45) is 32.8. The molecule has 0 saturated heterocycles. The fourth-order valence-electron chi connectivity index (χ4n) is 5.53. The van der Waals surface area contributed by atoms with E-state index in [9.17, 15) is 23.8 Å². The monoisotopic (exact) mass is 748 g/mol. The van der Waals surface area contributed by atoms with Crippen LogP contribution in [0.25, 0.3) is 0 Å². The molecule has 0 fully saturated rings. The van der Waals surface area contributed by atoms with Crippen LogP contribution in [0.15, 0.2) is 12.2 Å². The first-order valence-electron chi connectivity index (χ1n) is 20.2. The van der Waals surface area contributed by atoms with Crippen molar-refractivity contribution in [2.75, 3.05) is 19.8 Å². The van der Waals surface area contributed by atoms with E-state index in [0.29, 0.717) is 12.8 Å². The summed E-state index contributed by atoms with van der Waals surface area (Å²) in [4.78, 5) is 45.8. The number of hydrogen-bond donors (Lipinski definition) is 3. The number of carboxylic acid groups (broad SMARTS) is 1. The second-order valence-corrected chi connectivity index (χ2v) is 15.2. The van der Waals surface area contributed by atoms with Crippen LogP contribution < -0.4 is 5.73 Å². The minimum absolute atomic E-state index is 0.155. The van der Waals surface area contributed by atoms with Crippen molar-refractivity contribution < 1.29 is 47.5 Å². The molecule has 3 atom stereocenters. The van der Waals surface area contributed by atoms with Crippen LogP contribution in [-0.4, -0.2) is 59.9 Å². The van der Waals surface area contributed by atoms with Crippen molar-refractivity contribution >= 4 is 25.7 Å². The second kappa shape index (κ2) is 35.3. The van der Waals surface area contributed by atoms with E-state index in [4.69, 9.17) is 24.8 Å². The van der Waals surface area contributed by atoms with Crippen molar-refractivity contribution in [1.82, 2.24) is 0 Å². The third-order valence-electron chi connectivity index (χ3n) is 8.76. The van der Waals surface area contributed by atoms with Gasteiger partial charge in [-0.05, 0) is 38.5 Å². The maximum absolute atomic E-state index is 12.6. The molecule has 0 aliphatic heterocycles. The van der Waals surface area contributed by atoms with Gasteiger partial charge in [-0.2, -0.15) is 0 Å². The van der Waals surface area contributed by atoms with Crippen LogP contribution in [0.4, 0.5) is 0 Å². The summed E-state index contributed by atoms with van der Waals surface area (Å²) in [6, 6.07) is -1.52. The molecule has 0 aromatic heterocycles. The van der Waals surface area contributed by atoms with Gasteiger partial charge in [0, 0.05) is 12.8 Å². The lowest BCUT2D eigenvalue weighted by molar-refractivity contribution is -0.161. The van der Waals surface area contributed by atoms with E-state index in [1.165, 1.54) is 89.9 Å². The molecule has 0 heterocycles. The predicted octanol–water partition coefficient (Wildman–Crippen LogP) is 10.1. The number of carbonyl (C=O) groups is 3. The summed E-state index contributed by atoms with van der Waals surface area (Å²) in [5.74, 6) is -2.38. The fourth-order valence-corrected chi connectivity index (χ4v) is 6.31. The summed E-state index contributed by atoms with van der Waals surface area (Å²) >= 11 is 0. The summed E-state index contributed by atoms with van der Waals surface area (Å²) in [5, 5.41) is 8.86. The van der Waals surface area contributed by atoms with Crippen LogP contribution in [-0.2, 0) is 37.5 Å². The van der Waals surface area contributed by atoms with Crippen molar-refractivity contribution in [1.29, 1.82) is 0 Å². The first kappa shape index (κ1) is 49.2. The minimum atomic E-state index is -4.71. The van der Waals surface area contributed by atoms with Crippen molar-refractivity contribution in [2.24, 2.45) is 5.73 Å². The first-order chi connectivity index (χ1) is 24.6. The smallest absolute Gasteiger partial charge is 0.472 e. The molecule has 0 rings (SSSR count). The van der Waals surface area contributed by atoms with Gasteiger partial charge < -0.3 is 25.2 Å². The SMILES string of the molecule is CCCCCCCCC/C=C\CCCCCCCC(=O)O[C@H](COC(=O)CCCCCCCCCCCCC)COP(=O)(O)OC[C@H](N)C(=O)O. The van der Waals surface area contributed by atoms with Gasteiger partial charge in [-0.15, -0.1) is 0 Å². The second-order valence-electron chi connectivity index (χ2n) is 13.8. The van der Waals surface area contributed by atoms with Gasteiger partial charge in [0.1, 0.15) is 12.6 Å². The van der Waals surface area contributed by atoms with E-state index in [2.05, 4.69) is 30.5 Å². The van der Waals surface area contributed by atoms with Crippen LogP contribution in [0, 0.1) is 0 Å². The number of aliphatic carboxylic acids is 1. The topological polar surface area (TPSA) is 172 Å². The van der Waals surface area contributed by atoms with Crippen LogP contribution in [0.2, 0.25) is 0 Å². The number of hydrogen-bond acceptors (Lipinski definition) is 9. The average molecular weight is 748 g/mol. The molecule has 0 radical (unpaired) electrons. The molecule has 0 aliphatic carbocycles. The number of rotatable bonds is 38. The third-order valence-corrected chi connectivity index (χ3v) is 9.71. The Bertz CT molecular complexity index is 932. The highest BCUT2D eigenvalue weighted by molar-refractivity contribution is 7.47. The lowest BCUT2D eigenvalue weighted by atomic mass is 10.1. The van der Waals surface area contributed by atoms with Crippen LogP contribution >= 0.6 is 7.82 Å². The molecule has 0 saturated carbocycles. The van der Waals surface area contributed by atoms with Crippen LogP contribution in [0.1, 0.15) is 187 Å². The molecule has 11 nitrogen and oxygen atoms in total. The molecular formula is C39H74NO10P. The zero-order chi connectivity index (χ0) is 37.8. The molecule has 0 aliphatic rings. The highest BCUT2D eigenvalue weighted by Gasteiger charge is 2.28. The quantitative estimate of drug-likeness (QED) is 0.0237. The zero-order valence-corrected chi connectivity index (χ0v) is 33.1. The third kappa shape index (κ3) is 35.0. The number of carboxylic acids is 1. The number of allylic oxidation sites excluding steroid dienone is 2. The Hall–Kier alpha value is -1.78. The molecule has 300 valence electrons. The Labute approximate surface area is 309 Å². The molecule has 0 bridgehead atoms. The molecule has 0 aromatic carbocycles. The van der Waals surface area contributed by atoms with Gasteiger partial charge in [-0.1, -0.05) is 148 Å². The Morgan fingerprint density at radius 2 is 0.980 bits per heavy atom. The normalized spacial score (nSPS) is 14.0. The lowest BCUT2D eigenvalue weighted by Gasteiger charge is -2.20. The maximum atomic E-state index is 12.6. The summed E-state index contributed by atoms with van der Waals surface area (Å²) in [6.45, 7) is 2.78. The van der Waals surface area contributed by atoms with Gasteiger partial charge in [0.25, 0.3) is 0 Å². The van der Waals surface area contributed by atoms with Gasteiger partial charge in [0.15, 0.2) is 6.10 Å². The van der Waals surface area contributed by atoms with E-state index >= 15 is 0 Å². The van der Waals surface area contributed by atoms with E-state index in [0.717, 1.165) is 57.8 Å². The van der Waals surface area contributed by atoms with Crippen LogP contribution in [0.5, 0.6) is 0 Å². The fraction of sp³-hybridized carbons (Fsp3) is 0.872. The van der Waals surface area contributed by atoms with Crippen molar-refractivity contribution in [2.45, 2.75) is 199 Å². The molecule has 0 aromatic rings. The highest BCUT2D eigenvalue weighted by atomic mass is 31.2. The number of ether oxygens (including phenoxy) is 2. The van der Waals surface area contributed by atoms with Crippen molar-refractivity contribution in [3.63, 3.8) is 0 Å². The van der Waals surface area contributed by atoms with Crippen molar-refractivity contribution in [3.05, 3.63) is 12.2 Å². The number of carbonyl (C=O) groups excluding carboxylic acids is 2. The Balaban J connectivity index is 4.40. The molecular weight excluding hydrogens is 673 g/mol. The average Bonchev–Trinajstić information content (AvgIpc) is 3.10. The number of esters is 2. The molecule has 4 N–H and O–H groups in total. The van der Waals surface area contributed by atoms with Gasteiger partial charge >= 0.3 is 25.7 Å². The van der Waals surface area contributed by atoms with Crippen LogP contribution in [0.3, 0.4) is 0 Å². The number of nitrogens with two attached hydrogens (primary N) is 1. The van der Waals surface area contributed by atoms with Gasteiger partial charge in [0.05, 0.1) is 13.2 Å². The number of phosphoric acid groups is 1. The molecule has 0 amide bonds. The van der Waals surface area contributed by atoms with E-state index in [1.54, 1.807) is 0 Å². The Morgan fingerprint density at radius 3 is 1.43 bits per heavy atom. The Kier molecular flexibility index (Phi) is 34.0. The number of phosphoric ester groups is 1. The first-order valence-corrected chi connectivity index (χ1v) is 21.7. The summed E-state index contributed by atoms with van der Waals surface area (Å²) in [7, 11) is -4.71. The standard InChI is InChI=1S/C39H74NO10P/c1-3-5-7-9-11-13-15-16-17-18-19-21-23-25-27-29-31-38(42)50-35(33-48-51(45,46)49-34-36(40)39(43)44)32-47-37(41)30-28-26-24-22-20-14-12-10-8-6-4-2/h17-18,35-36H,3-16,19-34,40H2,1-2H3,(H,43,44)(H,45,46)/b18-17-/t35-,36+/m1/s1. The number of unbranched alkanes of at least 4 members (excludes halogenated alkanes) is 22. The molecule has 1 unspecified atom stereocenters. The summed E-state index contributed by atoms with van der Waals surface area (Å²) < 4.78 is 32.6. The van der Waals surface area contributed by atoms with Gasteiger partial charge in [-0.25, -0.2) is 4.57 Å². The highest BCUT2D eigenvalue weighted by Crippen LogP contribution is 2.43. The molecule has 51 heavy (non-hydrogen) atoms. The summed E-state index contributed by atoms with van der Waals surface area (Å²) in [5.41, 5.74) is 5.32. The minimum Gasteiger partial charge on any atom is -0.480 e. The van der Waals surface area contributed by atoms with Gasteiger partial charge in [0.2, 0.25) is 0 Å². The Morgan fingerprint density at radius 1 is 0.588 bits per heavy atom.